The summed E-state index contributed by atoms with van der Waals surface area (Å²) in [5, 5.41) is 0. The molecule has 6 heteroatoms. The molecule has 0 heterocycles. The summed E-state index contributed by atoms with van der Waals surface area (Å²) in [6.45, 7) is 7.79. The van der Waals surface area contributed by atoms with E-state index in [1.54, 1.807) is 48.5 Å². The van der Waals surface area contributed by atoms with Crippen LogP contribution in [0, 0.1) is 0 Å². The molecule has 2 aromatic rings. The van der Waals surface area contributed by atoms with E-state index in [9.17, 15) is 9.59 Å². The van der Waals surface area contributed by atoms with Crippen molar-refractivity contribution < 1.29 is 23.8 Å². The molecule has 29 heavy (non-hydrogen) atoms. The van der Waals surface area contributed by atoms with Gasteiger partial charge in [0.2, 0.25) is 0 Å². The van der Waals surface area contributed by atoms with Gasteiger partial charge in [-0.25, -0.2) is 9.59 Å². The monoisotopic (exact) mass is 395 g/mol. The summed E-state index contributed by atoms with van der Waals surface area (Å²) < 4.78 is 15.9. The van der Waals surface area contributed by atoms with Crippen LogP contribution in [0.4, 0.5) is 5.69 Å². The highest BCUT2D eigenvalue weighted by atomic mass is 16.5. The number of carbonyl (C=O) groups is 2. The highest BCUT2D eigenvalue weighted by Crippen LogP contribution is 2.19. The van der Waals surface area contributed by atoms with Gasteiger partial charge in [-0.15, -0.1) is 0 Å². The average molecular weight is 395 g/mol. The fraction of sp³-hybridized carbons (Fsp3) is 0.261. The van der Waals surface area contributed by atoms with Crippen LogP contribution in [0.5, 0.6) is 11.5 Å². The first-order chi connectivity index (χ1) is 14.1. The Hall–Kier alpha value is -3.41. The maximum Gasteiger partial charge on any atom is 0.343 e. The molecule has 0 aromatic heterocycles. The summed E-state index contributed by atoms with van der Waals surface area (Å²) in [7, 11) is 0. The number of rotatable bonds is 12. The minimum atomic E-state index is -0.437. The van der Waals surface area contributed by atoms with Crippen LogP contribution in [-0.4, -0.2) is 31.9 Å². The van der Waals surface area contributed by atoms with Crippen molar-refractivity contribution in [3.63, 3.8) is 0 Å². The summed E-state index contributed by atoms with van der Waals surface area (Å²) in [6, 6.07) is 13.6. The molecule has 0 amide bonds. The van der Waals surface area contributed by atoms with E-state index >= 15 is 0 Å². The van der Waals surface area contributed by atoms with Crippen LogP contribution in [-0.2, 0) is 9.53 Å². The van der Waals surface area contributed by atoms with Crippen molar-refractivity contribution >= 4 is 24.3 Å². The highest BCUT2D eigenvalue weighted by Gasteiger charge is 2.09. The van der Waals surface area contributed by atoms with Gasteiger partial charge >= 0.3 is 11.9 Å². The van der Waals surface area contributed by atoms with Gasteiger partial charge in [0, 0.05) is 6.08 Å². The molecule has 0 radical (unpaired) electrons. The summed E-state index contributed by atoms with van der Waals surface area (Å²) >= 11 is 0. The van der Waals surface area contributed by atoms with Gasteiger partial charge in [-0.1, -0.05) is 6.58 Å². The van der Waals surface area contributed by atoms with E-state index in [1.807, 2.05) is 0 Å². The first-order valence-corrected chi connectivity index (χ1v) is 9.43. The fourth-order valence-corrected chi connectivity index (χ4v) is 2.45. The second kappa shape index (κ2) is 12.1. The lowest BCUT2D eigenvalue weighted by atomic mass is 10.2. The molecule has 2 aromatic carbocycles. The molecule has 0 spiro atoms. The van der Waals surface area contributed by atoms with Crippen molar-refractivity contribution in [2.75, 3.05) is 13.2 Å². The maximum atomic E-state index is 12.2. The molecule has 0 aliphatic carbocycles. The van der Waals surface area contributed by atoms with E-state index in [1.165, 1.54) is 0 Å². The van der Waals surface area contributed by atoms with Crippen molar-refractivity contribution in [1.29, 1.82) is 0 Å². The number of hydrogen-bond acceptors (Lipinski definition) is 6. The third-order valence-corrected chi connectivity index (χ3v) is 4.04. The van der Waals surface area contributed by atoms with Crippen LogP contribution in [0.3, 0.4) is 0 Å². The molecule has 0 aliphatic heterocycles. The van der Waals surface area contributed by atoms with Crippen molar-refractivity contribution in [2.45, 2.75) is 25.7 Å². The van der Waals surface area contributed by atoms with Crippen LogP contribution in [0.2, 0.25) is 0 Å². The van der Waals surface area contributed by atoms with E-state index in [2.05, 4.69) is 18.3 Å². The summed E-state index contributed by atoms with van der Waals surface area (Å²) in [5.74, 6) is 0.321. The Labute approximate surface area is 170 Å². The SMILES string of the molecule is C=CC(=O)OCCCCCCOc1ccc(C(=O)Oc2ccc(N=C)cc2)cc1. The van der Waals surface area contributed by atoms with Gasteiger partial charge in [-0.05, 0) is 80.9 Å². The maximum absolute atomic E-state index is 12.2. The highest BCUT2D eigenvalue weighted by molar-refractivity contribution is 5.91. The van der Waals surface area contributed by atoms with Crippen LogP contribution >= 0.6 is 0 Å². The van der Waals surface area contributed by atoms with Crippen molar-refractivity contribution in [3.05, 3.63) is 66.7 Å². The van der Waals surface area contributed by atoms with E-state index in [0.29, 0.717) is 36.0 Å². The van der Waals surface area contributed by atoms with Crippen molar-refractivity contribution in [3.8, 4) is 11.5 Å². The Balaban J connectivity index is 1.66. The third-order valence-electron chi connectivity index (χ3n) is 4.04. The van der Waals surface area contributed by atoms with E-state index < -0.39 is 5.97 Å². The molecular formula is C23H25NO5. The molecule has 0 bridgehead atoms. The van der Waals surface area contributed by atoms with Crippen LogP contribution in [0.1, 0.15) is 36.0 Å². The van der Waals surface area contributed by atoms with E-state index in [4.69, 9.17) is 14.2 Å². The lowest BCUT2D eigenvalue weighted by Gasteiger charge is -2.08. The van der Waals surface area contributed by atoms with Gasteiger partial charge < -0.3 is 14.2 Å². The predicted molar refractivity (Wildman–Crippen MR) is 112 cm³/mol. The molecule has 0 fully saturated rings. The topological polar surface area (TPSA) is 74.2 Å². The van der Waals surface area contributed by atoms with Crippen molar-refractivity contribution in [2.24, 2.45) is 4.99 Å². The molecule has 0 saturated carbocycles. The predicted octanol–water partition coefficient (Wildman–Crippen LogP) is 4.91. The largest absolute Gasteiger partial charge is 0.494 e. The van der Waals surface area contributed by atoms with Gasteiger partial charge in [0.25, 0.3) is 0 Å². The number of benzene rings is 2. The molecule has 6 nitrogen and oxygen atoms in total. The molecular weight excluding hydrogens is 370 g/mol. The molecule has 0 atom stereocenters. The minimum absolute atomic E-state index is 0.386. The van der Waals surface area contributed by atoms with E-state index in [0.717, 1.165) is 31.8 Å². The Morgan fingerprint density at radius 1 is 0.862 bits per heavy atom. The third kappa shape index (κ3) is 8.01. The van der Waals surface area contributed by atoms with Gasteiger partial charge in [0.05, 0.1) is 24.5 Å². The molecule has 0 N–H and O–H groups in total. The number of esters is 2. The number of nitrogens with zero attached hydrogens (tertiary/aromatic N) is 1. The molecule has 0 aliphatic rings. The van der Waals surface area contributed by atoms with E-state index in [-0.39, 0.29) is 5.97 Å². The van der Waals surface area contributed by atoms with Gasteiger partial charge in [0.1, 0.15) is 11.5 Å². The second-order valence-corrected chi connectivity index (χ2v) is 6.20. The lowest BCUT2D eigenvalue weighted by molar-refractivity contribution is -0.137. The lowest BCUT2D eigenvalue weighted by Crippen LogP contribution is -2.08. The molecule has 0 unspecified atom stereocenters. The minimum Gasteiger partial charge on any atom is -0.494 e. The molecule has 0 saturated heterocycles. The number of ether oxygens (including phenoxy) is 3. The number of hydrogen-bond donors (Lipinski definition) is 0. The normalized spacial score (nSPS) is 10.1. The zero-order chi connectivity index (χ0) is 20.9. The zero-order valence-electron chi connectivity index (χ0n) is 16.3. The Morgan fingerprint density at radius 3 is 2.10 bits per heavy atom. The Morgan fingerprint density at radius 2 is 1.48 bits per heavy atom. The van der Waals surface area contributed by atoms with Crippen molar-refractivity contribution in [1.82, 2.24) is 0 Å². The Kier molecular flexibility index (Phi) is 9.15. The van der Waals surface area contributed by atoms with Gasteiger partial charge in [-0.3, -0.25) is 4.99 Å². The molecule has 2 rings (SSSR count). The van der Waals surface area contributed by atoms with Crippen LogP contribution in [0.25, 0.3) is 0 Å². The number of aliphatic imine (C=N–C) groups is 1. The van der Waals surface area contributed by atoms with Gasteiger partial charge in [0.15, 0.2) is 0 Å². The second-order valence-electron chi connectivity index (χ2n) is 6.20. The quantitative estimate of drug-likeness (QED) is 0.168. The zero-order valence-corrected chi connectivity index (χ0v) is 16.3. The smallest absolute Gasteiger partial charge is 0.343 e. The van der Waals surface area contributed by atoms with Gasteiger partial charge in [-0.2, -0.15) is 0 Å². The fourth-order valence-electron chi connectivity index (χ4n) is 2.45. The first-order valence-electron chi connectivity index (χ1n) is 9.43. The average Bonchev–Trinajstić information content (AvgIpc) is 2.76. The summed E-state index contributed by atoms with van der Waals surface area (Å²) in [5.41, 5.74) is 1.15. The summed E-state index contributed by atoms with van der Waals surface area (Å²) in [4.78, 5) is 26.9. The molecule has 152 valence electrons. The Bertz CT molecular complexity index is 812. The first kappa shape index (κ1) is 21.9. The summed E-state index contributed by atoms with van der Waals surface area (Å²) in [6.07, 6.45) is 4.83. The van der Waals surface area contributed by atoms with Crippen LogP contribution in [0.15, 0.2) is 66.2 Å². The standard InChI is InChI=1S/C23H25NO5/c1-3-22(25)28-17-7-5-4-6-16-27-20-12-8-18(9-13-20)23(26)29-21-14-10-19(24-2)11-15-21/h3,8-15H,1-2,4-7,16-17H2. The van der Waals surface area contributed by atoms with Crippen LogP contribution < -0.4 is 9.47 Å². The number of carbonyl (C=O) groups excluding carboxylic acids is 2. The number of unbranched alkanes of at least 4 members (excludes halogenated alkanes) is 3.